The summed E-state index contributed by atoms with van der Waals surface area (Å²) in [4.78, 5) is 0. The van der Waals surface area contributed by atoms with Crippen molar-refractivity contribution in [1.82, 2.24) is 0 Å². The smallest absolute Gasteiger partial charge is 0.134 e. The lowest BCUT2D eigenvalue weighted by molar-refractivity contribution is 0.0831. The minimum atomic E-state index is -0.611. The number of furan rings is 1. The van der Waals surface area contributed by atoms with Crippen LogP contribution in [0.25, 0.3) is 11.0 Å². The SMILES string of the molecule is CCC(CC)C(O)c1cc2cc(F)ccc2o1. The topological polar surface area (TPSA) is 33.4 Å². The molecule has 1 aromatic heterocycles. The predicted octanol–water partition coefficient (Wildman–Crippen LogP) is 4.04. The van der Waals surface area contributed by atoms with Crippen LogP contribution in [0.3, 0.4) is 0 Å². The molecule has 0 amide bonds. The van der Waals surface area contributed by atoms with Gasteiger partial charge in [0, 0.05) is 5.39 Å². The Morgan fingerprint density at radius 1 is 1.24 bits per heavy atom. The Morgan fingerprint density at radius 3 is 2.59 bits per heavy atom. The maximum absolute atomic E-state index is 13.0. The van der Waals surface area contributed by atoms with Crippen LogP contribution < -0.4 is 0 Å². The zero-order valence-electron chi connectivity index (χ0n) is 10.1. The predicted molar refractivity (Wildman–Crippen MR) is 65.2 cm³/mol. The van der Waals surface area contributed by atoms with Crippen molar-refractivity contribution in [3.63, 3.8) is 0 Å². The van der Waals surface area contributed by atoms with Crippen molar-refractivity contribution in [3.8, 4) is 0 Å². The second-order valence-electron chi connectivity index (χ2n) is 4.35. The molecule has 1 atom stereocenters. The van der Waals surface area contributed by atoms with Gasteiger partial charge in [-0.05, 0) is 30.2 Å². The molecule has 0 saturated carbocycles. The van der Waals surface area contributed by atoms with Crippen LogP contribution in [0, 0.1) is 11.7 Å². The first kappa shape index (κ1) is 12.1. The highest BCUT2D eigenvalue weighted by Crippen LogP contribution is 2.31. The Balaban J connectivity index is 2.35. The van der Waals surface area contributed by atoms with Gasteiger partial charge >= 0.3 is 0 Å². The Bertz CT molecular complexity index is 500. The molecule has 1 unspecified atom stereocenters. The Kier molecular flexibility index (Phi) is 3.48. The number of benzene rings is 1. The molecule has 0 bridgehead atoms. The van der Waals surface area contributed by atoms with Crippen molar-refractivity contribution in [1.29, 1.82) is 0 Å². The van der Waals surface area contributed by atoms with E-state index in [1.165, 1.54) is 12.1 Å². The summed E-state index contributed by atoms with van der Waals surface area (Å²) in [5.41, 5.74) is 0.617. The zero-order chi connectivity index (χ0) is 12.4. The third-order valence-corrected chi connectivity index (χ3v) is 3.28. The van der Waals surface area contributed by atoms with E-state index < -0.39 is 6.10 Å². The maximum Gasteiger partial charge on any atom is 0.134 e. The van der Waals surface area contributed by atoms with Gasteiger partial charge in [-0.1, -0.05) is 26.7 Å². The molecule has 2 nitrogen and oxygen atoms in total. The minimum Gasteiger partial charge on any atom is -0.458 e. The molecule has 17 heavy (non-hydrogen) atoms. The number of hydrogen-bond donors (Lipinski definition) is 1. The quantitative estimate of drug-likeness (QED) is 0.869. The lowest BCUT2D eigenvalue weighted by Gasteiger charge is -2.17. The number of rotatable bonds is 4. The molecule has 1 heterocycles. The summed E-state index contributed by atoms with van der Waals surface area (Å²) in [5.74, 6) is 0.418. The van der Waals surface area contributed by atoms with E-state index in [1.54, 1.807) is 12.1 Å². The second kappa shape index (κ2) is 4.88. The van der Waals surface area contributed by atoms with Crippen molar-refractivity contribution in [2.45, 2.75) is 32.8 Å². The molecule has 1 aromatic carbocycles. The number of aliphatic hydroxyl groups is 1. The van der Waals surface area contributed by atoms with E-state index in [-0.39, 0.29) is 11.7 Å². The van der Waals surface area contributed by atoms with Crippen LogP contribution in [-0.4, -0.2) is 5.11 Å². The lowest BCUT2D eigenvalue weighted by Crippen LogP contribution is -2.09. The van der Waals surface area contributed by atoms with Gasteiger partial charge in [0.1, 0.15) is 23.3 Å². The van der Waals surface area contributed by atoms with Gasteiger partial charge in [0.25, 0.3) is 0 Å². The average molecular weight is 236 g/mol. The molecule has 1 N–H and O–H groups in total. The molecular formula is C14H17FO2. The summed E-state index contributed by atoms with van der Waals surface area (Å²) < 4.78 is 18.6. The molecule has 0 spiro atoms. The van der Waals surface area contributed by atoms with Gasteiger partial charge in [-0.15, -0.1) is 0 Å². The molecule has 0 aliphatic carbocycles. The van der Waals surface area contributed by atoms with E-state index in [1.807, 2.05) is 13.8 Å². The highest BCUT2D eigenvalue weighted by atomic mass is 19.1. The molecule has 0 aliphatic rings. The van der Waals surface area contributed by atoms with E-state index in [0.29, 0.717) is 16.7 Å². The summed E-state index contributed by atoms with van der Waals surface area (Å²) in [5, 5.41) is 10.9. The molecule has 0 aliphatic heterocycles. The zero-order valence-corrected chi connectivity index (χ0v) is 10.1. The third-order valence-electron chi connectivity index (χ3n) is 3.28. The van der Waals surface area contributed by atoms with Gasteiger partial charge in [0.2, 0.25) is 0 Å². The molecule has 3 heteroatoms. The molecule has 0 saturated heterocycles. The maximum atomic E-state index is 13.0. The van der Waals surface area contributed by atoms with Crippen molar-refractivity contribution in [2.75, 3.05) is 0 Å². The van der Waals surface area contributed by atoms with E-state index in [4.69, 9.17) is 4.42 Å². The first-order chi connectivity index (χ1) is 8.15. The molecule has 0 radical (unpaired) electrons. The van der Waals surface area contributed by atoms with Gasteiger partial charge in [-0.3, -0.25) is 0 Å². The van der Waals surface area contributed by atoms with E-state index in [9.17, 15) is 9.50 Å². The average Bonchev–Trinajstić information content (AvgIpc) is 2.73. The number of halogens is 1. The van der Waals surface area contributed by atoms with E-state index >= 15 is 0 Å². The monoisotopic (exact) mass is 236 g/mol. The summed E-state index contributed by atoms with van der Waals surface area (Å²) >= 11 is 0. The van der Waals surface area contributed by atoms with Crippen molar-refractivity contribution >= 4 is 11.0 Å². The molecular weight excluding hydrogens is 219 g/mol. The van der Waals surface area contributed by atoms with E-state index in [2.05, 4.69) is 0 Å². The van der Waals surface area contributed by atoms with Crippen molar-refractivity contribution in [3.05, 3.63) is 35.8 Å². The van der Waals surface area contributed by atoms with Crippen molar-refractivity contribution < 1.29 is 13.9 Å². The number of fused-ring (bicyclic) bond motifs is 1. The Labute approximate surface area is 100 Å². The first-order valence-electron chi connectivity index (χ1n) is 6.02. The summed E-state index contributed by atoms with van der Waals surface area (Å²) in [6.07, 6.45) is 1.17. The van der Waals surface area contributed by atoms with Gasteiger partial charge < -0.3 is 9.52 Å². The van der Waals surface area contributed by atoms with Crippen LogP contribution in [0.5, 0.6) is 0 Å². The van der Waals surface area contributed by atoms with Crippen LogP contribution in [0.4, 0.5) is 4.39 Å². The van der Waals surface area contributed by atoms with Crippen LogP contribution in [0.15, 0.2) is 28.7 Å². The molecule has 2 rings (SSSR count). The van der Waals surface area contributed by atoms with Crippen LogP contribution >= 0.6 is 0 Å². The van der Waals surface area contributed by atoms with Crippen LogP contribution in [0.2, 0.25) is 0 Å². The van der Waals surface area contributed by atoms with Gasteiger partial charge in [-0.25, -0.2) is 4.39 Å². The minimum absolute atomic E-state index is 0.181. The van der Waals surface area contributed by atoms with Crippen LogP contribution in [-0.2, 0) is 0 Å². The fraction of sp³-hybridized carbons (Fsp3) is 0.429. The Morgan fingerprint density at radius 2 is 1.94 bits per heavy atom. The number of hydrogen-bond acceptors (Lipinski definition) is 2. The summed E-state index contributed by atoms with van der Waals surface area (Å²) in [6, 6.07) is 6.09. The molecule has 0 fully saturated rings. The van der Waals surface area contributed by atoms with Gasteiger partial charge in [0.05, 0.1) is 0 Å². The Hall–Kier alpha value is -1.35. The highest BCUT2D eigenvalue weighted by Gasteiger charge is 2.21. The lowest BCUT2D eigenvalue weighted by atomic mass is 9.95. The van der Waals surface area contributed by atoms with Crippen molar-refractivity contribution in [2.24, 2.45) is 5.92 Å². The standard InChI is InChI=1S/C14H17FO2/c1-3-9(4-2)14(16)13-8-10-7-11(15)5-6-12(10)17-13/h5-9,14,16H,3-4H2,1-2H3. The fourth-order valence-corrected chi connectivity index (χ4v) is 2.15. The fourth-order valence-electron chi connectivity index (χ4n) is 2.15. The van der Waals surface area contributed by atoms with Gasteiger partial charge in [-0.2, -0.15) is 0 Å². The molecule has 92 valence electrons. The largest absolute Gasteiger partial charge is 0.458 e. The van der Waals surface area contributed by atoms with E-state index in [0.717, 1.165) is 12.8 Å². The summed E-state index contributed by atoms with van der Waals surface area (Å²) in [6.45, 7) is 4.08. The summed E-state index contributed by atoms with van der Waals surface area (Å²) in [7, 11) is 0. The van der Waals surface area contributed by atoms with Crippen LogP contribution in [0.1, 0.15) is 38.6 Å². The van der Waals surface area contributed by atoms with Gasteiger partial charge in [0.15, 0.2) is 0 Å². The number of aliphatic hydroxyl groups excluding tert-OH is 1. The molecule has 2 aromatic rings. The third kappa shape index (κ3) is 2.34. The first-order valence-corrected chi connectivity index (χ1v) is 6.02. The highest BCUT2D eigenvalue weighted by molar-refractivity contribution is 5.77. The normalized spacial score (nSPS) is 13.5. The second-order valence-corrected chi connectivity index (χ2v) is 4.35.